The molecule has 0 radical (unpaired) electrons. The molecule has 0 spiro atoms. The van der Waals surface area contributed by atoms with Gasteiger partial charge in [0, 0.05) is 17.6 Å². The van der Waals surface area contributed by atoms with Crippen LogP contribution in [0.25, 0.3) is 6.08 Å². The summed E-state index contributed by atoms with van der Waals surface area (Å²) in [4.78, 5) is 22.0. The Morgan fingerprint density at radius 1 is 1.53 bits per heavy atom. The largest absolute Gasteiger partial charge is 0.481 e. The number of hydrogen-bond acceptors (Lipinski definition) is 4. The highest BCUT2D eigenvalue weighted by molar-refractivity contribution is 8.13. The molecule has 1 aromatic heterocycles. The maximum Gasteiger partial charge on any atom is 0.308 e. The number of thioether (sulfide) groups is 1. The first kappa shape index (κ1) is 14.0. The molecule has 92 valence electrons. The summed E-state index contributed by atoms with van der Waals surface area (Å²) in [6, 6.07) is 1.88. The van der Waals surface area contributed by atoms with Crippen molar-refractivity contribution in [1.82, 2.24) is 0 Å². The molecule has 1 aromatic rings. The van der Waals surface area contributed by atoms with E-state index in [1.54, 1.807) is 6.92 Å². The van der Waals surface area contributed by atoms with Gasteiger partial charge in [-0.3, -0.25) is 9.59 Å². The molecule has 0 saturated heterocycles. The minimum Gasteiger partial charge on any atom is -0.481 e. The first-order valence-electron chi connectivity index (χ1n) is 5.17. The Labute approximate surface area is 109 Å². The topological polar surface area (TPSA) is 54.4 Å². The Morgan fingerprint density at radius 2 is 2.29 bits per heavy atom. The summed E-state index contributed by atoms with van der Waals surface area (Å²) in [5.74, 6) is -0.0157. The van der Waals surface area contributed by atoms with Gasteiger partial charge in [-0.25, -0.2) is 0 Å². The average Bonchev–Trinajstić information content (AvgIpc) is 2.63. The van der Waals surface area contributed by atoms with Gasteiger partial charge in [0.25, 0.3) is 0 Å². The molecule has 0 bridgehead atoms. The standard InChI is InChI=1S/C12H14O3S2/c1-9(13)16-5-3-2-4-10-6-11(17-8-10)7-12(14)15/h2,4,6,8H,3,5,7H2,1H3,(H,14,15). The van der Waals surface area contributed by atoms with Crippen molar-refractivity contribution in [3.63, 3.8) is 0 Å². The van der Waals surface area contributed by atoms with E-state index >= 15 is 0 Å². The van der Waals surface area contributed by atoms with Crippen LogP contribution in [0.5, 0.6) is 0 Å². The van der Waals surface area contributed by atoms with Gasteiger partial charge in [-0.15, -0.1) is 11.3 Å². The van der Waals surface area contributed by atoms with Crippen LogP contribution in [-0.4, -0.2) is 21.9 Å². The van der Waals surface area contributed by atoms with E-state index in [1.165, 1.54) is 23.1 Å². The van der Waals surface area contributed by atoms with Crippen molar-refractivity contribution in [1.29, 1.82) is 0 Å². The van der Waals surface area contributed by atoms with Gasteiger partial charge < -0.3 is 5.11 Å². The second-order valence-corrected chi connectivity index (χ2v) is 5.72. The number of carbonyl (C=O) groups excluding carboxylic acids is 1. The first-order valence-corrected chi connectivity index (χ1v) is 7.03. The molecule has 0 saturated carbocycles. The van der Waals surface area contributed by atoms with Gasteiger partial charge >= 0.3 is 5.97 Å². The van der Waals surface area contributed by atoms with Crippen molar-refractivity contribution in [2.24, 2.45) is 0 Å². The molecule has 1 N–H and O–H groups in total. The summed E-state index contributed by atoms with van der Waals surface area (Å²) < 4.78 is 0. The molecule has 0 unspecified atom stereocenters. The zero-order valence-electron chi connectivity index (χ0n) is 9.51. The summed E-state index contributed by atoms with van der Waals surface area (Å²) >= 11 is 2.77. The predicted octanol–water partition coefficient (Wildman–Crippen LogP) is 3.06. The second kappa shape index (κ2) is 7.29. The number of hydrogen-bond donors (Lipinski definition) is 1. The minimum absolute atomic E-state index is 0.0820. The van der Waals surface area contributed by atoms with Crippen molar-refractivity contribution < 1.29 is 14.7 Å². The lowest BCUT2D eigenvalue weighted by Gasteiger charge is -1.91. The Balaban J connectivity index is 2.35. The molecule has 3 nitrogen and oxygen atoms in total. The van der Waals surface area contributed by atoms with Gasteiger partial charge in [0.05, 0.1) is 6.42 Å². The molecule has 1 rings (SSSR count). The van der Waals surface area contributed by atoms with E-state index in [4.69, 9.17) is 5.11 Å². The van der Waals surface area contributed by atoms with Gasteiger partial charge in [0.15, 0.2) is 5.12 Å². The first-order chi connectivity index (χ1) is 8.08. The van der Waals surface area contributed by atoms with E-state index in [0.29, 0.717) is 0 Å². The van der Waals surface area contributed by atoms with E-state index in [-0.39, 0.29) is 11.5 Å². The zero-order valence-corrected chi connectivity index (χ0v) is 11.1. The fourth-order valence-electron chi connectivity index (χ4n) is 1.22. The van der Waals surface area contributed by atoms with Crippen LogP contribution in [0.15, 0.2) is 17.5 Å². The van der Waals surface area contributed by atoms with E-state index in [1.807, 2.05) is 23.6 Å². The predicted molar refractivity (Wildman–Crippen MR) is 72.4 cm³/mol. The number of carboxylic acid groups (broad SMARTS) is 1. The fraction of sp³-hybridized carbons (Fsp3) is 0.333. The maximum absolute atomic E-state index is 10.7. The summed E-state index contributed by atoms with van der Waals surface area (Å²) in [7, 11) is 0. The van der Waals surface area contributed by atoms with Crippen LogP contribution in [0.4, 0.5) is 0 Å². The van der Waals surface area contributed by atoms with E-state index in [9.17, 15) is 9.59 Å². The Hall–Kier alpha value is -1.07. The lowest BCUT2D eigenvalue weighted by Crippen LogP contribution is -1.97. The van der Waals surface area contributed by atoms with E-state index in [0.717, 1.165) is 22.6 Å². The Morgan fingerprint density at radius 3 is 2.94 bits per heavy atom. The summed E-state index contributed by atoms with van der Waals surface area (Å²) in [6.45, 7) is 1.56. The Kier molecular flexibility index (Phi) is 6.00. The maximum atomic E-state index is 10.7. The van der Waals surface area contributed by atoms with Crippen LogP contribution in [-0.2, 0) is 16.0 Å². The highest BCUT2D eigenvalue weighted by Crippen LogP contribution is 2.17. The molecule has 17 heavy (non-hydrogen) atoms. The molecule has 0 aliphatic carbocycles. The van der Waals surface area contributed by atoms with Crippen molar-refractivity contribution >= 4 is 40.3 Å². The van der Waals surface area contributed by atoms with Crippen molar-refractivity contribution in [2.75, 3.05) is 5.75 Å². The van der Waals surface area contributed by atoms with E-state index in [2.05, 4.69) is 0 Å². The fourth-order valence-corrected chi connectivity index (χ4v) is 2.60. The molecule has 0 aliphatic rings. The number of aliphatic carboxylic acids is 1. The SMILES string of the molecule is CC(=O)SCCC=Cc1csc(CC(=O)O)c1. The number of carbonyl (C=O) groups is 2. The van der Waals surface area contributed by atoms with Crippen LogP contribution >= 0.6 is 23.1 Å². The van der Waals surface area contributed by atoms with Crippen LogP contribution in [0, 0.1) is 0 Å². The average molecular weight is 270 g/mol. The third-order valence-corrected chi connectivity index (χ3v) is 3.70. The van der Waals surface area contributed by atoms with Crippen molar-refractivity contribution in [2.45, 2.75) is 19.8 Å². The molecule has 0 fully saturated rings. The molecule has 1 heterocycles. The van der Waals surface area contributed by atoms with Gasteiger partial charge in [-0.05, 0) is 23.4 Å². The van der Waals surface area contributed by atoms with Gasteiger partial charge in [-0.2, -0.15) is 0 Å². The molecule has 0 amide bonds. The lowest BCUT2D eigenvalue weighted by molar-refractivity contribution is -0.136. The second-order valence-electron chi connectivity index (χ2n) is 3.45. The number of rotatable bonds is 6. The number of thiophene rings is 1. The summed E-state index contributed by atoms with van der Waals surface area (Å²) in [5, 5.41) is 10.7. The van der Waals surface area contributed by atoms with Gasteiger partial charge in [0.1, 0.15) is 0 Å². The minimum atomic E-state index is -0.805. The van der Waals surface area contributed by atoms with Crippen LogP contribution in [0.2, 0.25) is 0 Å². The van der Waals surface area contributed by atoms with E-state index < -0.39 is 5.97 Å². The monoisotopic (exact) mass is 270 g/mol. The summed E-state index contributed by atoms with van der Waals surface area (Å²) in [5.41, 5.74) is 1.03. The molecular formula is C12H14O3S2. The third-order valence-electron chi connectivity index (χ3n) is 1.90. The van der Waals surface area contributed by atoms with Crippen LogP contribution < -0.4 is 0 Å². The summed E-state index contributed by atoms with van der Waals surface area (Å²) in [6.07, 6.45) is 4.89. The third kappa shape index (κ3) is 6.28. The molecule has 5 heteroatoms. The number of carboxylic acids is 1. The highest BCUT2D eigenvalue weighted by Gasteiger charge is 2.02. The quantitative estimate of drug-likeness (QED) is 0.807. The van der Waals surface area contributed by atoms with Gasteiger partial charge in [0.2, 0.25) is 0 Å². The molecular weight excluding hydrogens is 256 g/mol. The van der Waals surface area contributed by atoms with Crippen molar-refractivity contribution in [3.8, 4) is 0 Å². The van der Waals surface area contributed by atoms with Gasteiger partial charge in [-0.1, -0.05) is 23.9 Å². The smallest absolute Gasteiger partial charge is 0.308 e. The normalized spacial score (nSPS) is 10.9. The van der Waals surface area contributed by atoms with Crippen LogP contribution in [0.3, 0.4) is 0 Å². The zero-order chi connectivity index (χ0) is 12.7. The molecule has 0 atom stereocenters. The lowest BCUT2D eigenvalue weighted by atomic mass is 10.2. The molecule has 0 aromatic carbocycles. The number of allylic oxidation sites excluding steroid dienone is 1. The van der Waals surface area contributed by atoms with Crippen molar-refractivity contribution in [3.05, 3.63) is 28.0 Å². The molecule has 0 aliphatic heterocycles. The highest BCUT2D eigenvalue weighted by atomic mass is 32.2. The van der Waals surface area contributed by atoms with Crippen LogP contribution in [0.1, 0.15) is 23.8 Å². The Bertz CT molecular complexity index is 421.